The number of nitro groups is 1. The van der Waals surface area contributed by atoms with Crippen LogP contribution in [-0.4, -0.2) is 31.1 Å². The summed E-state index contributed by atoms with van der Waals surface area (Å²) in [6, 6.07) is 16.4. The molecule has 1 saturated heterocycles. The molecule has 0 aliphatic carbocycles. The zero-order valence-corrected chi connectivity index (χ0v) is 17.8. The number of furan rings is 1. The number of hydrogen-bond acceptors (Lipinski definition) is 7. The lowest BCUT2D eigenvalue weighted by atomic mass is 10.1. The number of aliphatic carboxylic acids is 1. The molecule has 4 rings (SSSR count). The van der Waals surface area contributed by atoms with Crippen LogP contribution in [-0.2, 0) is 9.59 Å². The van der Waals surface area contributed by atoms with Crippen LogP contribution in [0.1, 0.15) is 17.4 Å². The maximum atomic E-state index is 13.0. The van der Waals surface area contributed by atoms with Crippen LogP contribution in [0, 0.1) is 10.1 Å². The molecular weight excluding hydrogens is 452 g/mol. The van der Waals surface area contributed by atoms with Crippen molar-refractivity contribution in [2.75, 3.05) is 0 Å². The van der Waals surface area contributed by atoms with Gasteiger partial charge in [-0.15, -0.1) is 0 Å². The fourth-order valence-corrected chi connectivity index (χ4v) is 4.50. The summed E-state index contributed by atoms with van der Waals surface area (Å²) in [4.78, 5) is 36.6. The van der Waals surface area contributed by atoms with Gasteiger partial charge in [0.25, 0.3) is 11.6 Å². The number of carbonyl (C=O) groups is 2. The number of carboxylic acid groups (broad SMARTS) is 1. The number of nitro benzene ring substituents is 1. The van der Waals surface area contributed by atoms with Gasteiger partial charge in [0.15, 0.2) is 6.04 Å². The minimum Gasteiger partial charge on any atom is -0.479 e. The molecule has 0 radical (unpaired) electrons. The maximum Gasteiger partial charge on any atom is 0.331 e. The van der Waals surface area contributed by atoms with Gasteiger partial charge in [0.2, 0.25) is 0 Å². The fraction of sp³-hybridized carbons (Fsp3) is 0.0455. The van der Waals surface area contributed by atoms with E-state index in [1.54, 1.807) is 54.6 Å². The quantitative estimate of drug-likeness (QED) is 0.237. The molecule has 0 spiro atoms. The Morgan fingerprint density at radius 1 is 1.12 bits per heavy atom. The molecule has 8 nitrogen and oxygen atoms in total. The van der Waals surface area contributed by atoms with Crippen molar-refractivity contribution < 1.29 is 24.0 Å². The third kappa shape index (κ3) is 4.18. The first-order chi connectivity index (χ1) is 15.3. The first kappa shape index (κ1) is 21.5. The zero-order chi connectivity index (χ0) is 22.8. The van der Waals surface area contributed by atoms with Gasteiger partial charge < -0.3 is 9.52 Å². The van der Waals surface area contributed by atoms with E-state index in [0.717, 1.165) is 16.7 Å². The minimum absolute atomic E-state index is 0.0318. The summed E-state index contributed by atoms with van der Waals surface area (Å²) >= 11 is 6.30. The Labute approximate surface area is 191 Å². The molecule has 3 aromatic rings. The van der Waals surface area contributed by atoms with Gasteiger partial charge in [-0.25, -0.2) is 4.79 Å². The van der Waals surface area contributed by atoms with Gasteiger partial charge in [-0.2, -0.15) is 0 Å². The molecule has 1 aliphatic heterocycles. The second kappa shape index (κ2) is 8.77. The van der Waals surface area contributed by atoms with Gasteiger partial charge in [-0.3, -0.25) is 19.8 Å². The van der Waals surface area contributed by atoms with Gasteiger partial charge in [0.1, 0.15) is 15.8 Å². The van der Waals surface area contributed by atoms with E-state index in [1.165, 1.54) is 18.2 Å². The molecule has 1 fully saturated rings. The van der Waals surface area contributed by atoms with Crippen molar-refractivity contribution in [1.82, 2.24) is 4.90 Å². The monoisotopic (exact) mass is 466 g/mol. The molecule has 1 amide bonds. The van der Waals surface area contributed by atoms with Crippen molar-refractivity contribution >= 4 is 51.9 Å². The number of carbonyl (C=O) groups excluding carboxylic acids is 1. The summed E-state index contributed by atoms with van der Waals surface area (Å²) in [6.07, 6.45) is 1.50. The van der Waals surface area contributed by atoms with Crippen LogP contribution in [0.3, 0.4) is 0 Å². The smallest absolute Gasteiger partial charge is 0.331 e. The third-order valence-corrected chi connectivity index (χ3v) is 6.02. The number of non-ortho nitro benzene ring substituents is 1. The Morgan fingerprint density at radius 2 is 1.81 bits per heavy atom. The summed E-state index contributed by atoms with van der Waals surface area (Å²) < 4.78 is 5.89. The van der Waals surface area contributed by atoms with E-state index in [9.17, 15) is 24.8 Å². The summed E-state index contributed by atoms with van der Waals surface area (Å²) in [5, 5.41) is 20.5. The second-order valence-corrected chi connectivity index (χ2v) is 8.38. The molecule has 32 heavy (non-hydrogen) atoms. The maximum absolute atomic E-state index is 13.0. The van der Waals surface area contributed by atoms with Crippen molar-refractivity contribution in [1.29, 1.82) is 0 Å². The molecule has 1 aromatic heterocycles. The number of amides is 1. The number of thioether (sulfide) groups is 1. The Hall–Kier alpha value is -3.76. The molecule has 10 heteroatoms. The van der Waals surface area contributed by atoms with Crippen molar-refractivity contribution in [2.45, 2.75) is 6.04 Å². The number of thiocarbonyl (C=S) groups is 1. The van der Waals surface area contributed by atoms with Gasteiger partial charge in [0.05, 0.1) is 9.83 Å². The highest BCUT2D eigenvalue weighted by atomic mass is 32.2. The van der Waals surface area contributed by atoms with E-state index < -0.39 is 22.8 Å². The largest absolute Gasteiger partial charge is 0.479 e. The predicted molar refractivity (Wildman–Crippen MR) is 123 cm³/mol. The van der Waals surface area contributed by atoms with E-state index in [4.69, 9.17) is 16.6 Å². The average molecular weight is 466 g/mol. The number of rotatable bonds is 6. The Kier molecular flexibility index (Phi) is 5.89. The topological polar surface area (TPSA) is 114 Å². The summed E-state index contributed by atoms with van der Waals surface area (Å²) in [6.45, 7) is 0. The molecule has 2 heterocycles. The lowest BCUT2D eigenvalue weighted by Gasteiger charge is -2.23. The average Bonchev–Trinajstić information content (AvgIpc) is 3.35. The summed E-state index contributed by atoms with van der Waals surface area (Å²) in [5.41, 5.74) is 1.05. The molecule has 1 aliphatic rings. The van der Waals surface area contributed by atoms with E-state index in [0.29, 0.717) is 22.6 Å². The highest BCUT2D eigenvalue weighted by molar-refractivity contribution is 8.26. The summed E-state index contributed by atoms with van der Waals surface area (Å²) in [7, 11) is 0. The molecule has 0 saturated carbocycles. The van der Waals surface area contributed by atoms with E-state index in [1.807, 2.05) is 0 Å². The number of nitrogens with zero attached hydrogens (tertiary/aromatic N) is 2. The van der Waals surface area contributed by atoms with E-state index in [-0.39, 0.29) is 14.9 Å². The highest BCUT2D eigenvalue weighted by Gasteiger charge is 2.41. The molecule has 0 bridgehead atoms. The molecular formula is C22H14N2O6S2. The SMILES string of the molecule is O=C(O)[C@H](c1ccccc1)N1C(=O)/C(=C/c2ccc(-c3ccc([N+](=O)[O-])cc3)o2)SC1=S. The standard InChI is InChI=1S/C22H14N2O6S2/c25-20-18(32-22(31)23(20)19(21(26)27)14-4-2-1-3-5-14)12-16-10-11-17(30-16)13-6-8-15(9-7-13)24(28)29/h1-12,19H,(H,26,27)/b18-12-/t19-/m0/s1. The lowest BCUT2D eigenvalue weighted by Crippen LogP contribution is -2.37. The highest BCUT2D eigenvalue weighted by Crippen LogP contribution is 2.39. The summed E-state index contributed by atoms with van der Waals surface area (Å²) in [5.74, 6) is -0.878. The van der Waals surface area contributed by atoms with Gasteiger partial charge in [-0.05, 0) is 29.8 Å². The third-order valence-electron chi connectivity index (χ3n) is 4.69. The Bertz CT molecular complexity index is 1250. The molecule has 0 unspecified atom stereocenters. The van der Waals surface area contributed by atoms with Crippen LogP contribution < -0.4 is 0 Å². The van der Waals surface area contributed by atoms with Gasteiger partial charge >= 0.3 is 5.97 Å². The van der Waals surface area contributed by atoms with Crippen LogP contribution in [0.15, 0.2) is 76.1 Å². The molecule has 2 aromatic carbocycles. The normalized spacial score (nSPS) is 15.9. The van der Waals surface area contributed by atoms with Crippen LogP contribution in [0.5, 0.6) is 0 Å². The van der Waals surface area contributed by atoms with E-state index >= 15 is 0 Å². The van der Waals surface area contributed by atoms with Crippen LogP contribution in [0.25, 0.3) is 17.4 Å². The number of carboxylic acids is 1. The zero-order valence-electron chi connectivity index (χ0n) is 16.2. The van der Waals surface area contributed by atoms with Crippen molar-refractivity contribution in [3.8, 4) is 11.3 Å². The van der Waals surface area contributed by atoms with E-state index in [2.05, 4.69) is 0 Å². The van der Waals surface area contributed by atoms with Crippen molar-refractivity contribution in [2.24, 2.45) is 0 Å². The predicted octanol–water partition coefficient (Wildman–Crippen LogP) is 4.88. The molecule has 160 valence electrons. The molecule has 1 atom stereocenters. The second-order valence-electron chi connectivity index (χ2n) is 6.71. The fourth-order valence-electron chi connectivity index (χ4n) is 3.20. The first-order valence-corrected chi connectivity index (χ1v) is 10.5. The minimum atomic E-state index is -1.23. The number of benzene rings is 2. The molecule has 1 N–H and O–H groups in total. The lowest BCUT2D eigenvalue weighted by molar-refractivity contribution is -0.384. The number of hydrogen-bond donors (Lipinski definition) is 1. The van der Waals surface area contributed by atoms with Crippen molar-refractivity contribution in [3.63, 3.8) is 0 Å². The van der Waals surface area contributed by atoms with Gasteiger partial charge in [-0.1, -0.05) is 54.3 Å². The van der Waals surface area contributed by atoms with Crippen LogP contribution in [0.4, 0.5) is 5.69 Å². The van der Waals surface area contributed by atoms with Crippen LogP contribution in [0.2, 0.25) is 0 Å². The van der Waals surface area contributed by atoms with Crippen LogP contribution >= 0.6 is 24.0 Å². The van der Waals surface area contributed by atoms with Gasteiger partial charge in [0, 0.05) is 23.8 Å². The Balaban J connectivity index is 1.59. The Morgan fingerprint density at radius 3 is 2.44 bits per heavy atom. The van der Waals surface area contributed by atoms with Crippen molar-refractivity contribution in [3.05, 3.63) is 93.1 Å². The first-order valence-electron chi connectivity index (χ1n) is 9.24.